The lowest BCUT2D eigenvalue weighted by Gasteiger charge is -2.25. The molecule has 0 spiro atoms. The van der Waals surface area contributed by atoms with Gasteiger partial charge in [-0.05, 0) is 24.1 Å². The first kappa shape index (κ1) is 19.9. The molecule has 122 valence electrons. The molecule has 0 aromatic heterocycles. The predicted molar refractivity (Wildman–Crippen MR) is 72.7 cm³/mol. The van der Waals surface area contributed by atoms with Crippen LogP contribution in [0.5, 0.6) is 5.75 Å². The fourth-order valence-corrected chi connectivity index (χ4v) is 1.75. The standard InChI is InChI=1S/C13H17F4NO2.ClH/c1-3-7(2)12(19)11(18)9-6-8(4-5-10(9)14)20-13(15,16)17;/h4-7,11-12,19H,3,18H2,1-2H3;1H/t7?,11-,12+;/m1./s1. The second-order valence-electron chi connectivity index (χ2n) is 4.63. The summed E-state index contributed by atoms with van der Waals surface area (Å²) < 4.78 is 53.7. The number of hydrogen-bond acceptors (Lipinski definition) is 3. The van der Waals surface area contributed by atoms with Crippen molar-refractivity contribution in [1.29, 1.82) is 0 Å². The van der Waals surface area contributed by atoms with Crippen LogP contribution in [0.2, 0.25) is 0 Å². The highest BCUT2D eigenvalue weighted by atomic mass is 35.5. The van der Waals surface area contributed by atoms with Crippen molar-refractivity contribution in [2.75, 3.05) is 0 Å². The van der Waals surface area contributed by atoms with Crippen LogP contribution in [0.1, 0.15) is 31.9 Å². The van der Waals surface area contributed by atoms with Gasteiger partial charge in [-0.3, -0.25) is 0 Å². The van der Waals surface area contributed by atoms with Gasteiger partial charge in [0.25, 0.3) is 0 Å². The maximum atomic E-state index is 13.7. The Morgan fingerprint density at radius 3 is 2.38 bits per heavy atom. The molecule has 0 radical (unpaired) electrons. The molecule has 1 rings (SSSR count). The summed E-state index contributed by atoms with van der Waals surface area (Å²) >= 11 is 0. The van der Waals surface area contributed by atoms with E-state index < -0.39 is 30.1 Å². The monoisotopic (exact) mass is 331 g/mol. The molecule has 0 heterocycles. The van der Waals surface area contributed by atoms with Crippen molar-refractivity contribution in [3.63, 3.8) is 0 Å². The van der Waals surface area contributed by atoms with Crippen molar-refractivity contribution in [3.8, 4) is 5.75 Å². The number of aliphatic hydroxyl groups is 1. The largest absolute Gasteiger partial charge is 0.573 e. The van der Waals surface area contributed by atoms with Crippen molar-refractivity contribution >= 4 is 12.4 Å². The molecule has 21 heavy (non-hydrogen) atoms. The van der Waals surface area contributed by atoms with E-state index in [0.717, 1.165) is 18.2 Å². The van der Waals surface area contributed by atoms with Crippen molar-refractivity contribution in [1.82, 2.24) is 0 Å². The molecule has 0 amide bonds. The van der Waals surface area contributed by atoms with Gasteiger partial charge in [-0.2, -0.15) is 0 Å². The molecule has 1 aromatic carbocycles. The zero-order valence-corrected chi connectivity index (χ0v) is 12.3. The fourth-order valence-electron chi connectivity index (χ4n) is 1.75. The Hall–Kier alpha value is -1.05. The third kappa shape index (κ3) is 5.68. The molecule has 3 N–H and O–H groups in total. The second kappa shape index (κ2) is 7.82. The van der Waals surface area contributed by atoms with E-state index in [1.54, 1.807) is 6.92 Å². The highest BCUT2D eigenvalue weighted by Crippen LogP contribution is 2.29. The first-order chi connectivity index (χ1) is 9.15. The third-order valence-electron chi connectivity index (χ3n) is 3.16. The SMILES string of the molecule is CCC(C)[C@H](O)[C@H](N)c1cc(OC(F)(F)F)ccc1F.Cl. The van der Waals surface area contributed by atoms with Crippen LogP contribution >= 0.6 is 12.4 Å². The van der Waals surface area contributed by atoms with Crippen molar-refractivity contribution in [2.24, 2.45) is 11.7 Å². The zero-order chi connectivity index (χ0) is 15.5. The smallest absolute Gasteiger partial charge is 0.406 e. The zero-order valence-electron chi connectivity index (χ0n) is 11.5. The number of alkyl halides is 3. The highest BCUT2D eigenvalue weighted by molar-refractivity contribution is 5.85. The lowest BCUT2D eigenvalue weighted by Crippen LogP contribution is -2.32. The van der Waals surface area contributed by atoms with Crippen LogP contribution in [-0.2, 0) is 0 Å². The number of halogens is 5. The number of rotatable bonds is 5. The summed E-state index contributed by atoms with van der Waals surface area (Å²) in [6.07, 6.45) is -5.32. The van der Waals surface area contributed by atoms with Crippen molar-refractivity contribution in [3.05, 3.63) is 29.6 Å². The summed E-state index contributed by atoms with van der Waals surface area (Å²) in [5.74, 6) is -1.56. The van der Waals surface area contributed by atoms with Crippen LogP contribution in [0.15, 0.2) is 18.2 Å². The number of nitrogens with two attached hydrogens (primary N) is 1. The molecule has 0 aliphatic heterocycles. The molecule has 1 unspecified atom stereocenters. The van der Waals surface area contributed by atoms with Gasteiger partial charge in [0.15, 0.2) is 0 Å². The van der Waals surface area contributed by atoms with Crippen LogP contribution in [0.25, 0.3) is 0 Å². The van der Waals surface area contributed by atoms with Gasteiger partial charge in [0, 0.05) is 5.56 Å². The van der Waals surface area contributed by atoms with Crippen LogP contribution in [-0.4, -0.2) is 17.6 Å². The molecule has 0 fully saturated rings. The van der Waals surface area contributed by atoms with E-state index in [4.69, 9.17) is 5.73 Å². The van der Waals surface area contributed by atoms with E-state index in [1.807, 2.05) is 6.92 Å². The normalized spacial score (nSPS) is 15.8. The molecule has 8 heteroatoms. The van der Waals surface area contributed by atoms with Gasteiger partial charge < -0.3 is 15.6 Å². The minimum atomic E-state index is -4.87. The molecule has 1 aromatic rings. The lowest BCUT2D eigenvalue weighted by atomic mass is 9.91. The Morgan fingerprint density at radius 1 is 1.33 bits per heavy atom. The van der Waals surface area contributed by atoms with Gasteiger partial charge in [-0.15, -0.1) is 25.6 Å². The van der Waals surface area contributed by atoms with E-state index in [2.05, 4.69) is 4.74 Å². The van der Waals surface area contributed by atoms with Crippen molar-refractivity contribution in [2.45, 2.75) is 38.8 Å². The van der Waals surface area contributed by atoms with E-state index in [-0.39, 0.29) is 23.9 Å². The Labute approximate surface area is 126 Å². The molecule has 0 aliphatic rings. The van der Waals surface area contributed by atoms with Gasteiger partial charge in [0.05, 0.1) is 12.1 Å². The van der Waals surface area contributed by atoms with E-state index in [0.29, 0.717) is 6.42 Å². The maximum Gasteiger partial charge on any atom is 0.573 e. The fraction of sp³-hybridized carbons (Fsp3) is 0.538. The van der Waals surface area contributed by atoms with E-state index in [1.165, 1.54) is 0 Å². The number of hydrogen-bond donors (Lipinski definition) is 2. The van der Waals surface area contributed by atoms with Crippen LogP contribution < -0.4 is 10.5 Å². The highest BCUT2D eigenvalue weighted by Gasteiger charge is 2.32. The summed E-state index contributed by atoms with van der Waals surface area (Å²) in [4.78, 5) is 0. The average molecular weight is 332 g/mol. The Balaban J connectivity index is 0.00000400. The van der Waals surface area contributed by atoms with Gasteiger partial charge in [0.2, 0.25) is 0 Å². The molecule has 3 nitrogen and oxygen atoms in total. The van der Waals surface area contributed by atoms with Crippen LogP contribution in [0.4, 0.5) is 17.6 Å². The molecular weight excluding hydrogens is 314 g/mol. The molecule has 0 aliphatic carbocycles. The lowest BCUT2D eigenvalue weighted by molar-refractivity contribution is -0.274. The Kier molecular flexibility index (Phi) is 7.43. The van der Waals surface area contributed by atoms with Crippen LogP contribution in [0, 0.1) is 11.7 Å². The number of aliphatic hydroxyl groups excluding tert-OH is 1. The molecule has 0 saturated carbocycles. The first-order valence-corrected chi connectivity index (χ1v) is 6.14. The summed E-state index contributed by atoms with van der Waals surface area (Å²) in [6.45, 7) is 3.54. The minimum absolute atomic E-state index is 0. The second-order valence-corrected chi connectivity index (χ2v) is 4.63. The summed E-state index contributed by atoms with van der Waals surface area (Å²) in [5, 5.41) is 9.93. The minimum Gasteiger partial charge on any atom is -0.406 e. The summed E-state index contributed by atoms with van der Waals surface area (Å²) in [7, 11) is 0. The number of benzene rings is 1. The quantitative estimate of drug-likeness (QED) is 0.811. The van der Waals surface area contributed by atoms with Gasteiger partial charge in [0.1, 0.15) is 11.6 Å². The van der Waals surface area contributed by atoms with Crippen LogP contribution in [0.3, 0.4) is 0 Å². The molecule has 0 saturated heterocycles. The van der Waals surface area contributed by atoms with Crippen molar-refractivity contribution < 1.29 is 27.4 Å². The maximum absolute atomic E-state index is 13.7. The summed E-state index contributed by atoms with van der Waals surface area (Å²) in [6, 6.07) is 1.43. The molecular formula is C13H18ClF4NO2. The predicted octanol–water partition coefficient (Wildman–Crippen LogP) is 3.55. The van der Waals surface area contributed by atoms with E-state index >= 15 is 0 Å². The topological polar surface area (TPSA) is 55.5 Å². The third-order valence-corrected chi connectivity index (χ3v) is 3.16. The number of ether oxygens (including phenoxy) is 1. The summed E-state index contributed by atoms with van der Waals surface area (Å²) in [5.41, 5.74) is 5.51. The van der Waals surface area contributed by atoms with Gasteiger partial charge >= 0.3 is 6.36 Å². The molecule has 0 bridgehead atoms. The average Bonchev–Trinajstić information content (AvgIpc) is 2.36. The van der Waals surface area contributed by atoms with Gasteiger partial charge in [-0.1, -0.05) is 20.3 Å². The van der Waals surface area contributed by atoms with E-state index in [9.17, 15) is 22.7 Å². The Bertz CT molecular complexity index is 456. The Morgan fingerprint density at radius 2 is 1.90 bits per heavy atom. The van der Waals surface area contributed by atoms with Gasteiger partial charge in [-0.25, -0.2) is 4.39 Å². The molecule has 3 atom stereocenters. The first-order valence-electron chi connectivity index (χ1n) is 6.14.